The van der Waals surface area contributed by atoms with Crippen LogP contribution in [0, 0.1) is 0 Å². The number of hydrogen-bond donors (Lipinski definition) is 2. The lowest BCUT2D eigenvalue weighted by molar-refractivity contribution is -0.129. The Balaban J connectivity index is 1.35. The summed E-state index contributed by atoms with van der Waals surface area (Å²) < 4.78 is 1.85. The highest BCUT2D eigenvalue weighted by Gasteiger charge is 2.07. The van der Waals surface area contributed by atoms with Crippen molar-refractivity contribution < 1.29 is 9.59 Å². The summed E-state index contributed by atoms with van der Waals surface area (Å²) >= 11 is 1.72. The number of benzene rings is 2. The predicted molar refractivity (Wildman–Crippen MR) is 105 cm³/mol. The predicted octanol–water partition coefficient (Wildman–Crippen LogP) is 3.36. The summed E-state index contributed by atoms with van der Waals surface area (Å²) in [6.45, 7) is 0.164. The number of aromatic nitrogens is 1. The number of nitrogens with zero attached hydrogens (tertiary/aromatic N) is 1. The Hall–Kier alpha value is -2.73. The first-order valence-corrected chi connectivity index (χ1v) is 9.50. The molecule has 2 N–H and O–H groups in total. The summed E-state index contributed by atoms with van der Waals surface area (Å²) in [6, 6.07) is 19.9. The number of amides is 2. The van der Waals surface area contributed by atoms with Gasteiger partial charge in [-0.05, 0) is 41.8 Å². The summed E-state index contributed by atoms with van der Waals surface area (Å²) in [5.41, 5.74) is 5.95. The molecular weight excluding hydrogens is 346 g/mol. The first-order valence-electron chi connectivity index (χ1n) is 8.52. The van der Waals surface area contributed by atoms with Crippen LogP contribution in [0.25, 0.3) is 10.9 Å². The van der Waals surface area contributed by atoms with Crippen LogP contribution < -0.4 is 10.9 Å². The molecule has 0 fully saturated rings. The van der Waals surface area contributed by atoms with E-state index in [1.54, 1.807) is 11.8 Å². The summed E-state index contributed by atoms with van der Waals surface area (Å²) in [7, 11) is 0. The maximum Gasteiger partial charge on any atom is 0.258 e. The Labute approximate surface area is 156 Å². The third kappa shape index (κ3) is 5.13. The maximum absolute atomic E-state index is 12.0. The molecule has 1 heterocycles. The zero-order chi connectivity index (χ0) is 18.2. The van der Waals surface area contributed by atoms with Gasteiger partial charge in [-0.1, -0.05) is 36.4 Å². The minimum atomic E-state index is -0.252. The lowest BCUT2D eigenvalue weighted by atomic mass is 10.2. The molecule has 3 aromatic rings. The quantitative estimate of drug-likeness (QED) is 0.382. The van der Waals surface area contributed by atoms with Crippen LogP contribution in [0.2, 0.25) is 0 Å². The molecule has 0 spiro atoms. The third-order valence-corrected chi connectivity index (χ3v) is 4.99. The van der Waals surface area contributed by atoms with Gasteiger partial charge in [0.05, 0.1) is 0 Å². The Morgan fingerprint density at radius 2 is 1.62 bits per heavy atom. The van der Waals surface area contributed by atoms with Crippen molar-refractivity contribution in [1.82, 2.24) is 15.4 Å². The van der Waals surface area contributed by atoms with Crippen molar-refractivity contribution in [2.24, 2.45) is 0 Å². The zero-order valence-electron chi connectivity index (χ0n) is 14.4. The Morgan fingerprint density at radius 3 is 2.46 bits per heavy atom. The van der Waals surface area contributed by atoms with E-state index >= 15 is 0 Å². The highest BCUT2D eigenvalue weighted by atomic mass is 32.2. The van der Waals surface area contributed by atoms with Crippen molar-refractivity contribution in [1.29, 1.82) is 0 Å². The topological polar surface area (TPSA) is 63.1 Å². The van der Waals surface area contributed by atoms with E-state index in [9.17, 15) is 9.59 Å². The van der Waals surface area contributed by atoms with E-state index in [4.69, 9.17) is 0 Å². The second-order valence-corrected chi connectivity index (χ2v) is 7.03. The Morgan fingerprint density at radius 1 is 0.885 bits per heavy atom. The van der Waals surface area contributed by atoms with Gasteiger partial charge >= 0.3 is 0 Å². The van der Waals surface area contributed by atoms with Crippen molar-refractivity contribution in [3.05, 3.63) is 66.9 Å². The number of para-hydroxylation sites is 1. The second kappa shape index (κ2) is 9.10. The van der Waals surface area contributed by atoms with Gasteiger partial charge in [0.1, 0.15) is 6.54 Å². The largest absolute Gasteiger partial charge is 0.338 e. The molecule has 1 aromatic heterocycles. The van der Waals surface area contributed by atoms with Crippen LogP contribution in [-0.2, 0) is 16.1 Å². The molecule has 0 aliphatic carbocycles. The van der Waals surface area contributed by atoms with Crippen molar-refractivity contribution in [3.63, 3.8) is 0 Å². The molecule has 2 amide bonds. The molecule has 0 aliphatic heterocycles. The number of hydrazine groups is 1. The lowest BCUT2D eigenvalue weighted by Gasteiger charge is -2.09. The van der Waals surface area contributed by atoms with E-state index in [0.717, 1.165) is 23.1 Å². The number of hydrogen-bond acceptors (Lipinski definition) is 3. The van der Waals surface area contributed by atoms with Crippen LogP contribution in [-0.4, -0.2) is 22.1 Å². The average Bonchev–Trinajstić information content (AvgIpc) is 3.07. The molecule has 0 radical (unpaired) electrons. The highest BCUT2D eigenvalue weighted by molar-refractivity contribution is 7.99. The first kappa shape index (κ1) is 18.1. The lowest BCUT2D eigenvalue weighted by Crippen LogP contribution is -2.43. The smallest absolute Gasteiger partial charge is 0.258 e. The van der Waals surface area contributed by atoms with Crippen LogP contribution in [0.4, 0.5) is 0 Å². The number of fused-ring (bicyclic) bond motifs is 1. The van der Waals surface area contributed by atoms with Gasteiger partial charge in [-0.15, -0.1) is 11.8 Å². The summed E-state index contributed by atoms with van der Waals surface area (Å²) in [5.74, 6) is 0.434. The highest BCUT2D eigenvalue weighted by Crippen LogP contribution is 2.18. The minimum absolute atomic E-state index is 0.164. The fourth-order valence-electron chi connectivity index (χ4n) is 2.61. The van der Waals surface area contributed by atoms with Gasteiger partial charge in [0, 0.05) is 23.0 Å². The molecule has 0 unspecified atom stereocenters. The van der Waals surface area contributed by atoms with Crippen LogP contribution in [0.1, 0.15) is 12.8 Å². The van der Waals surface area contributed by atoms with E-state index in [-0.39, 0.29) is 18.4 Å². The van der Waals surface area contributed by atoms with Gasteiger partial charge in [-0.2, -0.15) is 0 Å². The molecule has 0 aliphatic rings. The minimum Gasteiger partial charge on any atom is -0.338 e. The number of carbonyl (C=O) groups excluding carboxylic acids is 2. The number of thioether (sulfide) groups is 1. The molecule has 0 atom stereocenters. The Bertz CT molecular complexity index is 877. The molecule has 2 aromatic carbocycles. The van der Waals surface area contributed by atoms with Gasteiger partial charge in [0.25, 0.3) is 5.91 Å². The fourth-order valence-corrected chi connectivity index (χ4v) is 3.49. The SMILES string of the molecule is O=C(CCCSc1ccccc1)NNC(=O)Cn1ccc2ccccc21. The van der Waals surface area contributed by atoms with Crippen LogP contribution in [0.5, 0.6) is 0 Å². The van der Waals surface area contributed by atoms with E-state index in [2.05, 4.69) is 23.0 Å². The van der Waals surface area contributed by atoms with Gasteiger partial charge in [0.2, 0.25) is 5.91 Å². The van der Waals surface area contributed by atoms with Gasteiger partial charge in [0.15, 0.2) is 0 Å². The van der Waals surface area contributed by atoms with Gasteiger partial charge < -0.3 is 4.57 Å². The van der Waals surface area contributed by atoms with E-state index in [0.29, 0.717) is 6.42 Å². The fraction of sp³-hybridized carbons (Fsp3) is 0.200. The molecule has 26 heavy (non-hydrogen) atoms. The molecular formula is C20H21N3O2S. The van der Waals surface area contributed by atoms with Crippen molar-refractivity contribution >= 4 is 34.5 Å². The van der Waals surface area contributed by atoms with E-state index in [1.165, 1.54) is 4.90 Å². The van der Waals surface area contributed by atoms with Crippen molar-refractivity contribution in [2.45, 2.75) is 24.3 Å². The van der Waals surface area contributed by atoms with Gasteiger partial charge in [-0.3, -0.25) is 20.4 Å². The Kier molecular flexibility index (Phi) is 6.33. The molecule has 0 saturated heterocycles. The van der Waals surface area contributed by atoms with Crippen LogP contribution in [0.3, 0.4) is 0 Å². The number of carbonyl (C=O) groups is 2. The van der Waals surface area contributed by atoms with Crippen molar-refractivity contribution in [2.75, 3.05) is 5.75 Å². The third-order valence-electron chi connectivity index (χ3n) is 3.90. The molecule has 5 nitrogen and oxygen atoms in total. The first-order chi connectivity index (χ1) is 12.7. The maximum atomic E-state index is 12.0. The second-order valence-electron chi connectivity index (χ2n) is 5.86. The standard InChI is InChI=1S/C20H21N3O2S/c24-19(11-6-14-26-17-8-2-1-3-9-17)21-22-20(25)15-23-13-12-16-7-4-5-10-18(16)23/h1-5,7-10,12-13H,6,11,14-15H2,(H,21,24)(H,22,25). The zero-order valence-corrected chi connectivity index (χ0v) is 15.2. The summed E-state index contributed by atoms with van der Waals surface area (Å²) in [4.78, 5) is 25.0. The average molecular weight is 367 g/mol. The number of rotatable bonds is 7. The molecule has 0 bridgehead atoms. The normalized spacial score (nSPS) is 10.6. The summed E-state index contributed by atoms with van der Waals surface area (Å²) in [5, 5.41) is 1.08. The molecule has 3 rings (SSSR count). The van der Waals surface area contributed by atoms with Crippen molar-refractivity contribution in [3.8, 4) is 0 Å². The molecule has 134 valence electrons. The van der Waals surface area contributed by atoms with Crippen LogP contribution >= 0.6 is 11.8 Å². The monoisotopic (exact) mass is 367 g/mol. The van der Waals surface area contributed by atoms with E-state index in [1.807, 2.05) is 59.3 Å². The molecule has 0 saturated carbocycles. The molecule has 6 heteroatoms. The summed E-state index contributed by atoms with van der Waals surface area (Å²) in [6.07, 6.45) is 3.00. The van der Waals surface area contributed by atoms with E-state index < -0.39 is 0 Å². The number of nitrogens with one attached hydrogen (secondary N) is 2. The van der Waals surface area contributed by atoms with Gasteiger partial charge in [-0.25, -0.2) is 0 Å². The van der Waals surface area contributed by atoms with Crippen LogP contribution in [0.15, 0.2) is 71.8 Å².